The normalized spacial score (nSPS) is 28.4. The summed E-state index contributed by atoms with van der Waals surface area (Å²) in [7, 11) is 0. The molecule has 1 aliphatic heterocycles. The van der Waals surface area contributed by atoms with E-state index in [9.17, 15) is 0 Å². The molecule has 1 saturated heterocycles. The molecular weight excluding hydrogens is 210 g/mol. The quantitative estimate of drug-likeness (QED) is 0.634. The summed E-state index contributed by atoms with van der Waals surface area (Å²) in [6, 6.07) is 0.755. The molecule has 0 amide bonds. The molecule has 0 radical (unpaired) electrons. The molecule has 2 rings (SSSR count). The number of thiocarbonyl (C=S) groups is 1. The van der Waals surface area contributed by atoms with Crippen LogP contribution in [0.2, 0.25) is 0 Å². The number of rotatable bonds is 1. The number of thioether (sulfide) groups is 1. The number of nitrogens with zero attached hydrogens (tertiary/aromatic N) is 1. The highest BCUT2D eigenvalue weighted by atomic mass is 32.2. The van der Waals surface area contributed by atoms with Gasteiger partial charge in [-0.3, -0.25) is 0 Å². The van der Waals surface area contributed by atoms with E-state index in [-0.39, 0.29) is 0 Å². The molecule has 1 saturated carbocycles. The smallest absolute Gasteiger partial charge is 0.137 e. The monoisotopic (exact) mass is 229 g/mol. The molecule has 1 aliphatic carbocycles. The van der Waals surface area contributed by atoms with E-state index >= 15 is 0 Å². The van der Waals surface area contributed by atoms with Gasteiger partial charge in [-0.25, -0.2) is 0 Å². The SMILES string of the molecule is CC1(C)CN(C2CCCCC2)C(=S)S1. The third kappa shape index (κ3) is 2.25. The van der Waals surface area contributed by atoms with Crippen LogP contribution in [0.5, 0.6) is 0 Å². The van der Waals surface area contributed by atoms with Gasteiger partial charge in [0, 0.05) is 17.3 Å². The van der Waals surface area contributed by atoms with Crippen LogP contribution < -0.4 is 0 Å². The van der Waals surface area contributed by atoms with Crippen LogP contribution in [-0.2, 0) is 0 Å². The molecule has 2 aliphatic rings. The highest BCUT2D eigenvalue weighted by Crippen LogP contribution is 2.39. The molecule has 14 heavy (non-hydrogen) atoms. The van der Waals surface area contributed by atoms with Gasteiger partial charge in [0.25, 0.3) is 0 Å². The third-order valence-corrected chi connectivity index (χ3v) is 4.74. The van der Waals surface area contributed by atoms with Crippen LogP contribution in [0.15, 0.2) is 0 Å². The summed E-state index contributed by atoms with van der Waals surface area (Å²) >= 11 is 7.34. The Bertz CT molecular complexity index is 231. The Morgan fingerprint density at radius 1 is 1.29 bits per heavy atom. The van der Waals surface area contributed by atoms with Crippen LogP contribution in [-0.4, -0.2) is 26.6 Å². The summed E-state index contributed by atoms with van der Waals surface area (Å²) in [5, 5.41) is 0. The van der Waals surface area contributed by atoms with Crippen molar-refractivity contribution in [2.24, 2.45) is 0 Å². The summed E-state index contributed by atoms with van der Waals surface area (Å²) in [5.41, 5.74) is 0. The fourth-order valence-electron chi connectivity index (χ4n) is 2.47. The Hall–Kier alpha value is 0.240. The first kappa shape index (κ1) is 10.7. The summed E-state index contributed by atoms with van der Waals surface area (Å²) in [4.78, 5) is 2.49. The fraction of sp³-hybridized carbons (Fsp3) is 0.909. The fourth-order valence-corrected chi connectivity index (χ4v) is 4.37. The van der Waals surface area contributed by atoms with E-state index in [1.807, 2.05) is 11.8 Å². The van der Waals surface area contributed by atoms with Crippen molar-refractivity contribution in [3.63, 3.8) is 0 Å². The van der Waals surface area contributed by atoms with Crippen molar-refractivity contribution in [1.82, 2.24) is 4.90 Å². The second-order valence-electron chi connectivity index (χ2n) is 5.05. The standard InChI is InChI=1S/C11H19NS2/c1-11(2)8-12(10(13)14-11)9-6-4-3-5-7-9/h9H,3-8H2,1-2H3. The largest absolute Gasteiger partial charge is 0.353 e. The number of hydrogen-bond donors (Lipinski definition) is 0. The Morgan fingerprint density at radius 2 is 1.93 bits per heavy atom. The van der Waals surface area contributed by atoms with Gasteiger partial charge in [-0.2, -0.15) is 0 Å². The van der Waals surface area contributed by atoms with E-state index in [1.165, 1.54) is 32.1 Å². The van der Waals surface area contributed by atoms with Crippen LogP contribution in [0.4, 0.5) is 0 Å². The highest BCUT2D eigenvalue weighted by molar-refractivity contribution is 8.24. The van der Waals surface area contributed by atoms with E-state index in [1.54, 1.807) is 0 Å². The molecule has 0 aromatic rings. The lowest BCUT2D eigenvalue weighted by atomic mass is 9.94. The van der Waals surface area contributed by atoms with Crippen LogP contribution >= 0.6 is 24.0 Å². The van der Waals surface area contributed by atoms with Gasteiger partial charge in [0.05, 0.1) is 0 Å². The average Bonchev–Trinajstić information content (AvgIpc) is 2.41. The minimum absolute atomic E-state index is 0.342. The molecule has 1 heterocycles. The van der Waals surface area contributed by atoms with Gasteiger partial charge in [0.15, 0.2) is 0 Å². The molecule has 0 N–H and O–H groups in total. The van der Waals surface area contributed by atoms with E-state index in [0.717, 1.165) is 16.9 Å². The van der Waals surface area contributed by atoms with Gasteiger partial charge in [-0.05, 0) is 26.7 Å². The van der Waals surface area contributed by atoms with Gasteiger partial charge in [0.1, 0.15) is 4.32 Å². The second kappa shape index (κ2) is 4.01. The molecule has 3 heteroatoms. The Labute approximate surface area is 96.6 Å². The topological polar surface area (TPSA) is 3.24 Å². The van der Waals surface area contributed by atoms with Gasteiger partial charge in [-0.1, -0.05) is 43.2 Å². The zero-order valence-corrected chi connectivity index (χ0v) is 10.7. The first-order valence-corrected chi connectivity index (χ1v) is 6.81. The third-order valence-electron chi connectivity index (χ3n) is 3.16. The van der Waals surface area contributed by atoms with Crippen molar-refractivity contribution < 1.29 is 0 Å². The maximum Gasteiger partial charge on any atom is 0.137 e. The first-order valence-electron chi connectivity index (χ1n) is 5.58. The van der Waals surface area contributed by atoms with Crippen LogP contribution in [0.1, 0.15) is 46.0 Å². The molecule has 0 unspecified atom stereocenters. The van der Waals surface area contributed by atoms with Crippen LogP contribution in [0.25, 0.3) is 0 Å². The van der Waals surface area contributed by atoms with Crippen molar-refractivity contribution in [2.45, 2.75) is 56.7 Å². The van der Waals surface area contributed by atoms with Crippen molar-refractivity contribution in [2.75, 3.05) is 6.54 Å². The van der Waals surface area contributed by atoms with Crippen molar-refractivity contribution in [3.8, 4) is 0 Å². The van der Waals surface area contributed by atoms with E-state index in [0.29, 0.717) is 4.75 Å². The van der Waals surface area contributed by atoms with Gasteiger partial charge < -0.3 is 4.90 Å². The Morgan fingerprint density at radius 3 is 2.43 bits per heavy atom. The highest BCUT2D eigenvalue weighted by Gasteiger charge is 2.37. The molecule has 0 aromatic carbocycles. The van der Waals surface area contributed by atoms with E-state index in [2.05, 4.69) is 18.7 Å². The summed E-state index contributed by atoms with van der Waals surface area (Å²) in [6.07, 6.45) is 6.94. The molecular formula is C11H19NS2. The average molecular weight is 229 g/mol. The molecule has 0 atom stereocenters. The second-order valence-corrected chi connectivity index (χ2v) is 7.39. The summed E-state index contributed by atoms with van der Waals surface area (Å²) in [6.45, 7) is 5.75. The number of hydrogen-bond acceptors (Lipinski definition) is 2. The van der Waals surface area contributed by atoms with Crippen molar-refractivity contribution in [1.29, 1.82) is 0 Å². The summed E-state index contributed by atoms with van der Waals surface area (Å²) in [5.74, 6) is 0. The van der Waals surface area contributed by atoms with Crippen LogP contribution in [0, 0.1) is 0 Å². The maximum absolute atomic E-state index is 5.46. The van der Waals surface area contributed by atoms with Gasteiger partial charge in [-0.15, -0.1) is 0 Å². The first-order chi connectivity index (χ1) is 6.58. The van der Waals surface area contributed by atoms with Crippen molar-refractivity contribution >= 4 is 28.3 Å². The van der Waals surface area contributed by atoms with E-state index in [4.69, 9.17) is 12.2 Å². The Kier molecular flexibility index (Phi) is 3.08. The lowest BCUT2D eigenvalue weighted by molar-refractivity contribution is 0.246. The predicted octanol–water partition coefficient (Wildman–Crippen LogP) is 3.43. The summed E-state index contributed by atoms with van der Waals surface area (Å²) < 4.78 is 1.48. The zero-order chi connectivity index (χ0) is 10.2. The minimum Gasteiger partial charge on any atom is -0.353 e. The molecule has 0 spiro atoms. The molecule has 0 bridgehead atoms. The predicted molar refractivity (Wildman–Crippen MR) is 67.8 cm³/mol. The van der Waals surface area contributed by atoms with Crippen molar-refractivity contribution in [3.05, 3.63) is 0 Å². The minimum atomic E-state index is 0.342. The van der Waals surface area contributed by atoms with E-state index < -0.39 is 0 Å². The van der Waals surface area contributed by atoms with Gasteiger partial charge >= 0.3 is 0 Å². The molecule has 80 valence electrons. The molecule has 2 fully saturated rings. The zero-order valence-electron chi connectivity index (χ0n) is 9.08. The Balaban J connectivity index is 2.00. The lowest BCUT2D eigenvalue weighted by Gasteiger charge is -2.32. The van der Waals surface area contributed by atoms with Crippen LogP contribution in [0.3, 0.4) is 0 Å². The maximum atomic E-state index is 5.46. The molecule has 1 nitrogen and oxygen atoms in total. The van der Waals surface area contributed by atoms with Gasteiger partial charge in [0.2, 0.25) is 0 Å². The lowest BCUT2D eigenvalue weighted by Crippen LogP contribution is -2.38. The molecule has 0 aromatic heterocycles.